The van der Waals surface area contributed by atoms with Crippen molar-refractivity contribution in [3.63, 3.8) is 0 Å². The molecule has 1 unspecified atom stereocenters. The van der Waals surface area contributed by atoms with Crippen LogP contribution in [0.4, 0.5) is 23.8 Å². The average molecular weight is 445 g/mol. The summed E-state index contributed by atoms with van der Waals surface area (Å²) < 4.78 is 50.7. The van der Waals surface area contributed by atoms with Crippen molar-refractivity contribution in [2.24, 2.45) is 0 Å². The first-order valence-corrected chi connectivity index (χ1v) is 10.1. The second-order valence-electron chi connectivity index (χ2n) is 7.92. The standard InChI is InChI=1S/C19H22F3N3O4S/c1-18(2,3)29-17(27)23-10-5-6-25(8-10)13-7-12(19(20,21)22)15-14(24-13)11(9-30-15)16(26)28-4/h7,9-10H,5-6,8H2,1-4H3,(H,23,27). The van der Waals surface area contributed by atoms with Gasteiger partial charge in [-0.1, -0.05) is 0 Å². The number of anilines is 1. The van der Waals surface area contributed by atoms with E-state index in [0.717, 1.165) is 24.5 Å². The molecule has 0 bridgehead atoms. The number of alkyl carbamates (subject to hydrolysis) is 1. The van der Waals surface area contributed by atoms with E-state index in [1.165, 1.54) is 5.38 Å². The zero-order valence-electron chi connectivity index (χ0n) is 16.9. The van der Waals surface area contributed by atoms with Gasteiger partial charge in [-0.2, -0.15) is 13.2 Å². The van der Waals surface area contributed by atoms with Gasteiger partial charge in [0.25, 0.3) is 0 Å². The number of hydrogen-bond acceptors (Lipinski definition) is 7. The van der Waals surface area contributed by atoms with Gasteiger partial charge >= 0.3 is 18.2 Å². The third-order valence-electron chi connectivity index (χ3n) is 4.45. The van der Waals surface area contributed by atoms with E-state index in [1.807, 2.05) is 0 Å². The molecule has 164 valence electrons. The number of esters is 1. The van der Waals surface area contributed by atoms with Crippen molar-refractivity contribution < 1.29 is 32.2 Å². The zero-order chi connectivity index (χ0) is 22.3. The van der Waals surface area contributed by atoms with Gasteiger partial charge in [-0.25, -0.2) is 14.6 Å². The minimum atomic E-state index is -4.61. The third kappa shape index (κ3) is 4.77. The maximum atomic E-state index is 13.7. The summed E-state index contributed by atoms with van der Waals surface area (Å²) in [4.78, 5) is 29.9. The topological polar surface area (TPSA) is 80.8 Å². The Bertz CT molecular complexity index is 968. The summed E-state index contributed by atoms with van der Waals surface area (Å²) in [5.74, 6) is -0.656. The van der Waals surface area contributed by atoms with E-state index in [-0.39, 0.29) is 34.2 Å². The van der Waals surface area contributed by atoms with Crippen LogP contribution in [0.5, 0.6) is 0 Å². The van der Waals surface area contributed by atoms with E-state index in [2.05, 4.69) is 15.0 Å². The minimum absolute atomic E-state index is 0.00697. The Morgan fingerprint density at radius 3 is 2.60 bits per heavy atom. The molecule has 1 saturated heterocycles. The number of halogens is 3. The van der Waals surface area contributed by atoms with Crippen molar-refractivity contribution in [3.05, 3.63) is 22.6 Å². The quantitative estimate of drug-likeness (QED) is 0.713. The van der Waals surface area contributed by atoms with E-state index in [1.54, 1.807) is 25.7 Å². The minimum Gasteiger partial charge on any atom is -0.465 e. The summed E-state index contributed by atoms with van der Waals surface area (Å²) in [6.45, 7) is 5.89. The molecule has 0 radical (unpaired) electrons. The van der Waals surface area contributed by atoms with Gasteiger partial charge in [0.05, 0.1) is 34.5 Å². The van der Waals surface area contributed by atoms with Crippen LogP contribution in [0, 0.1) is 0 Å². The molecule has 3 rings (SSSR count). The highest BCUT2D eigenvalue weighted by molar-refractivity contribution is 7.17. The molecule has 1 amide bonds. The number of pyridine rings is 1. The molecule has 1 atom stereocenters. The number of methoxy groups -OCH3 is 1. The number of ether oxygens (including phenoxy) is 2. The summed E-state index contributed by atoms with van der Waals surface area (Å²) in [7, 11) is 1.16. The second kappa shape index (κ2) is 7.93. The van der Waals surface area contributed by atoms with Crippen molar-refractivity contribution in [3.8, 4) is 0 Å². The molecule has 0 spiro atoms. The SMILES string of the molecule is COC(=O)c1csc2c(C(F)(F)F)cc(N3CCC(NC(=O)OC(C)(C)C)C3)nc12. The highest BCUT2D eigenvalue weighted by Crippen LogP contribution is 2.40. The summed E-state index contributed by atoms with van der Waals surface area (Å²) in [5, 5.41) is 4.04. The van der Waals surface area contributed by atoms with Crippen LogP contribution in [0.1, 0.15) is 43.1 Å². The number of nitrogens with zero attached hydrogens (tertiary/aromatic N) is 2. The summed E-state index contributed by atoms with van der Waals surface area (Å²) in [6.07, 6.45) is -4.67. The monoisotopic (exact) mass is 445 g/mol. The first kappa shape index (κ1) is 22.1. The van der Waals surface area contributed by atoms with Crippen molar-refractivity contribution in [2.75, 3.05) is 25.1 Å². The Morgan fingerprint density at radius 1 is 1.30 bits per heavy atom. The van der Waals surface area contributed by atoms with Crippen LogP contribution in [0.3, 0.4) is 0 Å². The first-order chi connectivity index (χ1) is 13.9. The van der Waals surface area contributed by atoms with Crippen LogP contribution < -0.4 is 10.2 Å². The Kier molecular flexibility index (Phi) is 5.85. The fraction of sp³-hybridized carbons (Fsp3) is 0.526. The van der Waals surface area contributed by atoms with Crippen LogP contribution in [-0.4, -0.2) is 48.9 Å². The number of carbonyl (C=O) groups excluding carboxylic acids is 2. The molecule has 3 heterocycles. The Labute approximate surface area is 175 Å². The number of rotatable bonds is 3. The highest BCUT2D eigenvalue weighted by Gasteiger charge is 2.37. The second-order valence-corrected chi connectivity index (χ2v) is 8.80. The lowest BCUT2D eigenvalue weighted by Crippen LogP contribution is -2.40. The maximum Gasteiger partial charge on any atom is 0.417 e. The molecule has 11 heteroatoms. The van der Waals surface area contributed by atoms with Crippen LogP contribution in [0.25, 0.3) is 10.2 Å². The third-order valence-corrected chi connectivity index (χ3v) is 5.46. The lowest BCUT2D eigenvalue weighted by molar-refractivity contribution is -0.136. The first-order valence-electron chi connectivity index (χ1n) is 9.21. The highest BCUT2D eigenvalue weighted by atomic mass is 32.1. The molecule has 30 heavy (non-hydrogen) atoms. The molecule has 1 aliphatic rings. The number of thiophene rings is 1. The molecule has 1 fully saturated rings. The summed E-state index contributed by atoms with van der Waals surface area (Å²) >= 11 is 0.801. The van der Waals surface area contributed by atoms with Gasteiger partial charge in [0.15, 0.2) is 0 Å². The lowest BCUT2D eigenvalue weighted by atomic mass is 10.2. The predicted molar refractivity (Wildman–Crippen MR) is 106 cm³/mol. The van der Waals surface area contributed by atoms with Crippen LogP contribution in [-0.2, 0) is 15.7 Å². The molecule has 0 aliphatic carbocycles. The maximum absolute atomic E-state index is 13.7. The van der Waals surface area contributed by atoms with Gasteiger partial charge in [-0.05, 0) is 33.3 Å². The Hall–Kier alpha value is -2.56. The Morgan fingerprint density at radius 2 is 2.00 bits per heavy atom. The van der Waals surface area contributed by atoms with Crippen LogP contribution >= 0.6 is 11.3 Å². The van der Waals surface area contributed by atoms with E-state index in [0.29, 0.717) is 13.0 Å². The van der Waals surface area contributed by atoms with Gasteiger partial charge < -0.3 is 19.7 Å². The summed E-state index contributed by atoms with van der Waals surface area (Å²) in [5.41, 5.74) is -1.56. The lowest BCUT2D eigenvalue weighted by Gasteiger charge is -2.22. The van der Waals surface area contributed by atoms with Gasteiger partial charge in [0.1, 0.15) is 11.4 Å². The fourth-order valence-electron chi connectivity index (χ4n) is 3.18. The van der Waals surface area contributed by atoms with Crippen molar-refractivity contribution in [1.29, 1.82) is 0 Å². The number of amides is 1. The van der Waals surface area contributed by atoms with E-state index >= 15 is 0 Å². The average Bonchev–Trinajstić information content (AvgIpc) is 3.24. The van der Waals surface area contributed by atoms with Crippen molar-refractivity contribution >= 4 is 39.4 Å². The predicted octanol–water partition coefficient (Wildman–Crippen LogP) is 4.21. The van der Waals surface area contributed by atoms with E-state index in [9.17, 15) is 22.8 Å². The van der Waals surface area contributed by atoms with Gasteiger partial charge in [0.2, 0.25) is 0 Å². The number of carbonyl (C=O) groups is 2. The molecule has 7 nitrogen and oxygen atoms in total. The van der Waals surface area contributed by atoms with Gasteiger partial charge in [-0.3, -0.25) is 0 Å². The summed E-state index contributed by atoms with van der Waals surface area (Å²) in [6, 6.07) is 0.685. The van der Waals surface area contributed by atoms with Gasteiger partial charge in [0, 0.05) is 18.5 Å². The normalized spacial score (nSPS) is 17.3. The molecular weight excluding hydrogens is 423 g/mol. The van der Waals surface area contributed by atoms with Crippen LogP contribution in [0.2, 0.25) is 0 Å². The smallest absolute Gasteiger partial charge is 0.417 e. The molecule has 1 N–H and O–H groups in total. The molecule has 2 aromatic rings. The number of fused-ring (bicyclic) bond motifs is 1. The molecular formula is C19H22F3N3O4S. The molecule has 0 saturated carbocycles. The van der Waals surface area contributed by atoms with Crippen LogP contribution in [0.15, 0.2) is 11.4 Å². The van der Waals surface area contributed by atoms with Crippen molar-refractivity contribution in [1.82, 2.24) is 10.3 Å². The zero-order valence-corrected chi connectivity index (χ0v) is 17.7. The molecule has 0 aromatic carbocycles. The molecule has 2 aromatic heterocycles. The Balaban J connectivity index is 1.89. The number of aromatic nitrogens is 1. The van der Waals surface area contributed by atoms with E-state index < -0.39 is 29.4 Å². The number of alkyl halides is 3. The molecule has 1 aliphatic heterocycles. The van der Waals surface area contributed by atoms with E-state index in [4.69, 9.17) is 4.74 Å². The number of nitrogens with one attached hydrogen (secondary N) is 1. The number of hydrogen-bond donors (Lipinski definition) is 1. The largest absolute Gasteiger partial charge is 0.465 e. The fourth-order valence-corrected chi connectivity index (χ4v) is 4.20. The van der Waals surface area contributed by atoms with Crippen molar-refractivity contribution in [2.45, 2.75) is 45.0 Å². The van der Waals surface area contributed by atoms with Gasteiger partial charge in [-0.15, -0.1) is 11.3 Å².